The number of hydrogen-bond donors (Lipinski definition) is 2. The quantitative estimate of drug-likeness (QED) is 0.551. The second-order valence-corrected chi connectivity index (χ2v) is 6.33. The monoisotopic (exact) mass is 389 g/mol. The number of fused-ring (bicyclic) bond motifs is 1. The Kier molecular flexibility index (Phi) is 4.11. The van der Waals surface area contributed by atoms with Crippen LogP contribution in [0.2, 0.25) is 5.02 Å². The van der Waals surface area contributed by atoms with Crippen molar-refractivity contribution in [2.45, 2.75) is 19.9 Å². The van der Waals surface area contributed by atoms with Gasteiger partial charge in [0, 0.05) is 10.9 Å². The molecule has 0 aliphatic heterocycles. The number of aryl methyl sites for hydroxylation is 1. The molecular weight excluding hydrogens is 377 g/mol. The minimum absolute atomic E-state index is 0.0183. The molecule has 0 amide bonds. The lowest BCUT2D eigenvalue weighted by molar-refractivity contribution is 0.561. The smallest absolute Gasteiger partial charge is 0.297 e. The summed E-state index contributed by atoms with van der Waals surface area (Å²) in [6.45, 7) is 3.50. The molecule has 2 N–H and O–H groups in total. The highest BCUT2D eigenvalue weighted by Crippen LogP contribution is 2.24. The summed E-state index contributed by atoms with van der Waals surface area (Å²) in [6, 6.07) is 4.05. The summed E-state index contributed by atoms with van der Waals surface area (Å²) >= 11 is 5.83. The molecule has 4 rings (SSSR count). The third kappa shape index (κ3) is 3.14. The zero-order valence-electron chi connectivity index (χ0n) is 14.2. The molecule has 3 heterocycles. The predicted octanol–water partition coefficient (Wildman–Crippen LogP) is 2.77. The number of aromatic amines is 1. The van der Waals surface area contributed by atoms with Crippen molar-refractivity contribution in [3.63, 3.8) is 0 Å². The highest BCUT2D eigenvalue weighted by Gasteiger charge is 2.16. The van der Waals surface area contributed by atoms with Crippen molar-refractivity contribution in [2.75, 3.05) is 5.32 Å². The number of aromatic nitrogens is 6. The van der Waals surface area contributed by atoms with Crippen LogP contribution in [0.4, 0.5) is 10.4 Å². The van der Waals surface area contributed by atoms with E-state index in [1.807, 2.05) is 0 Å². The van der Waals surface area contributed by atoms with Gasteiger partial charge in [0.15, 0.2) is 11.6 Å². The Morgan fingerprint density at radius 2 is 2.19 bits per heavy atom. The maximum absolute atomic E-state index is 13.6. The number of rotatable bonds is 4. The largest absolute Gasteiger partial charge is 0.430 e. The van der Waals surface area contributed by atoms with Crippen molar-refractivity contribution in [1.82, 2.24) is 30.2 Å². The van der Waals surface area contributed by atoms with Gasteiger partial charge >= 0.3 is 0 Å². The molecule has 138 valence electrons. The van der Waals surface area contributed by atoms with Crippen molar-refractivity contribution in [3.8, 4) is 5.82 Å². The molecule has 3 aromatic heterocycles. The predicted molar refractivity (Wildman–Crippen MR) is 95.5 cm³/mol. The summed E-state index contributed by atoms with van der Waals surface area (Å²) in [5, 5.41) is 14.7. The molecule has 1 atom stereocenters. The molecule has 0 bridgehead atoms. The molecule has 9 nitrogen and oxygen atoms in total. The first-order valence-electron chi connectivity index (χ1n) is 7.92. The Morgan fingerprint density at radius 1 is 1.37 bits per heavy atom. The lowest BCUT2D eigenvalue weighted by Crippen LogP contribution is -2.19. The minimum atomic E-state index is -0.594. The average molecular weight is 390 g/mol. The molecule has 1 unspecified atom stereocenters. The highest BCUT2D eigenvalue weighted by molar-refractivity contribution is 6.31. The van der Waals surface area contributed by atoms with Crippen LogP contribution in [-0.2, 0) is 0 Å². The molecule has 0 radical (unpaired) electrons. The van der Waals surface area contributed by atoms with Crippen molar-refractivity contribution < 1.29 is 8.81 Å². The summed E-state index contributed by atoms with van der Waals surface area (Å²) < 4.78 is 20.4. The van der Waals surface area contributed by atoms with Crippen LogP contribution in [0.15, 0.2) is 33.7 Å². The molecule has 1 aromatic carbocycles. The average Bonchev–Trinajstić information content (AvgIpc) is 3.24. The van der Waals surface area contributed by atoms with Gasteiger partial charge in [-0.3, -0.25) is 4.79 Å². The molecule has 0 fully saturated rings. The third-order valence-electron chi connectivity index (χ3n) is 4.05. The Bertz CT molecular complexity index is 1200. The second kappa shape index (κ2) is 6.47. The van der Waals surface area contributed by atoms with Crippen LogP contribution in [-0.4, -0.2) is 30.2 Å². The number of hydrogen-bond acceptors (Lipinski definition) is 7. The zero-order valence-corrected chi connectivity index (χ0v) is 15.0. The SMILES string of the molecule is Cc1nnnn1-c1coc(NC(C)c2cc3cc(Cl)c(F)cc3[nH]c2=O)n1. The molecule has 0 aliphatic rings. The Hall–Kier alpha value is -3.27. The van der Waals surface area contributed by atoms with Crippen LogP contribution in [0.1, 0.15) is 24.4 Å². The van der Waals surface area contributed by atoms with Crippen LogP contribution >= 0.6 is 11.6 Å². The van der Waals surface area contributed by atoms with Gasteiger partial charge in [0.1, 0.15) is 12.1 Å². The van der Waals surface area contributed by atoms with E-state index in [1.54, 1.807) is 19.9 Å². The van der Waals surface area contributed by atoms with Gasteiger partial charge < -0.3 is 14.7 Å². The fourth-order valence-electron chi connectivity index (χ4n) is 2.67. The van der Waals surface area contributed by atoms with Crippen molar-refractivity contribution in [1.29, 1.82) is 0 Å². The number of H-pyrrole nitrogens is 1. The van der Waals surface area contributed by atoms with Gasteiger partial charge in [-0.15, -0.1) is 5.10 Å². The maximum Gasteiger partial charge on any atom is 0.297 e. The fourth-order valence-corrected chi connectivity index (χ4v) is 2.85. The van der Waals surface area contributed by atoms with Gasteiger partial charge in [-0.25, -0.2) is 4.39 Å². The summed E-state index contributed by atoms with van der Waals surface area (Å²) in [5.74, 6) is 0.365. The van der Waals surface area contributed by atoms with Crippen molar-refractivity contribution in [3.05, 3.63) is 57.0 Å². The highest BCUT2D eigenvalue weighted by atomic mass is 35.5. The van der Waals surface area contributed by atoms with Gasteiger partial charge in [-0.1, -0.05) is 11.6 Å². The van der Waals surface area contributed by atoms with Gasteiger partial charge in [-0.2, -0.15) is 9.67 Å². The normalized spacial score (nSPS) is 12.4. The summed E-state index contributed by atoms with van der Waals surface area (Å²) in [4.78, 5) is 19.3. The van der Waals surface area contributed by atoms with Crippen LogP contribution in [0.5, 0.6) is 0 Å². The minimum Gasteiger partial charge on any atom is -0.430 e. The van der Waals surface area contributed by atoms with E-state index in [4.69, 9.17) is 16.0 Å². The summed E-state index contributed by atoms with van der Waals surface area (Å²) in [6.07, 6.45) is 1.39. The van der Waals surface area contributed by atoms with Crippen LogP contribution < -0.4 is 10.9 Å². The van der Waals surface area contributed by atoms with E-state index in [2.05, 4.69) is 30.8 Å². The molecule has 0 aliphatic carbocycles. The first-order chi connectivity index (χ1) is 12.9. The van der Waals surface area contributed by atoms with E-state index in [0.29, 0.717) is 28.1 Å². The van der Waals surface area contributed by atoms with Gasteiger partial charge in [0.2, 0.25) is 0 Å². The first kappa shape index (κ1) is 17.2. The topological polar surface area (TPSA) is 115 Å². The molecule has 0 spiro atoms. The number of anilines is 1. The number of pyridine rings is 1. The second-order valence-electron chi connectivity index (χ2n) is 5.92. The number of nitrogens with zero attached hydrogens (tertiary/aromatic N) is 5. The number of nitrogens with one attached hydrogen (secondary N) is 2. The van der Waals surface area contributed by atoms with E-state index < -0.39 is 11.9 Å². The van der Waals surface area contributed by atoms with E-state index in [9.17, 15) is 9.18 Å². The molecule has 0 saturated carbocycles. The van der Waals surface area contributed by atoms with Crippen LogP contribution in [0.25, 0.3) is 16.7 Å². The number of tetrazole rings is 1. The number of benzene rings is 1. The maximum atomic E-state index is 13.6. The van der Waals surface area contributed by atoms with Gasteiger partial charge in [0.05, 0.1) is 16.6 Å². The first-order valence-corrected chi connectivity index (χ1v) is 8.29. The fraction of sp³-hybridized carbons (Fsp3) is 0.188. The molecule has 27 heavy (non-hydrogen) atoms. The zero-order chi connectivity index (χ0) is 19.1. The van der Waals surface area contributed by atoms with Crippen LogP contribution in [0, 0.1) is 12.7 Å². The van der Waals surface area contributed by atoms with E-state index in [-0.39, 0.29) is 16.6 Å². The Balaban J connectivity index is 1.63. The number of halogens is 2. The van der Waals surface area contributed by atoms with Gasteiger partial charge in [0.25, 0.3) is 11.6 Å². The lowest BCUT2D eigenvalue weighted by atomic mass is 10.1. The van der Waals surface area contributed by atoms with Crippen molar-refractivity contribution in [2.24, 2.45) is 0 Å². The molecule has 4 aromatic rings. The lowest BCUT2D eigenvalue weighted by Gasteiger charge is -2.12. The molecular formula is C16H13ClFN7O2. The molecule has 11 heteroatoms. The van der Waals surface area contributed by atoms with E-state index in [1.165, 1.54) is 23.1 Å². The third-order valence-corrected chi connectivity index (χ3v) is 4.34. The standard InChI is InChI=1S/C16H13ClFN7O2/c1-7(19-16-21-14(6-27-16)25-8(2)22-23-24-25)10-3-9-4-11(17)12(18)5-13(9)20-15(10)26/h3-7H,1-2H3,(H,19,21)(H,20,26). The van der Waals surface area contributed by atoms with Gasteiger partial charge in [-0.05, 0) is 42.5 Å². The molecule has 0 saturated heterocycles. The van der Waals surface area contributed by atoms with Crippen molar-refractivity contribution >= 4 is 28.5 Å². The van der Waals surface area contributed by atoms with E-state index in [0.717, 1.165) is 0 Å². The summed E-state index contributed by atoms with van der Waals surface area (Å²) in [5.41, 5.74) is 0.432. The Morgan fingerprint density at radius 3 is 2.93 bits per heavy atom. The van der Waals surface area contributed by atoms with E-state index >= 15 is 0 Å². The van der Waals surface area contributed by atoms with Crippen LogP contribution in [0.3, 0.4) is 0 Å². The number of oxazole rings is 1. The summed E-state index contributed by atoms with van der Waals surface area (Å²) in [7, 11) is 0. The Labute approximate surface area is 156 Å².